The lowest BCUT2D eigenvalue weighted by molar-refractivity contribution is 0.253. The monoisotopic (exact) mass is 352 g/mol. The Bertz CT molecular complexity index is 761. The Hall–Kier alpha value is -3.13. The van der Waals surface area contributed by atoms with Crippen LogP contribution in [-0.2, 0) is 0 Å². The van der Waals surface area contributed by atoms with E-state index in [1.54, 1.807) is 19.2 Å². The van der Waals surface area contributed by atoms with Gasteiger partial charge in [-0.05, 0) is 42.8 Å². The van der Waals surface area contributed by atoms with Crippen LogP contribution in [0.5, 0.6) is 11.5 Å². The third-order valence-electron chi connectivity index (χ3n) is 3.55. The molecule has 0 fully saturated rings. The predicted octanol–water partition coefficient (Wildman–Crippen LogP) is 4.05. The molecular formula is C21H24N2O3. The van der Waals surface area contributed by atoms with Crippen molar-refractivity contribution in [2.45, 2.75) is 19.8 Å². The van der Waals surface area contributed by atoms with Gasteiger partial charge in [0.05, 0.1) is 25.8 Å². The number of methoxy groups -OCH3 is 1. The maximum atomic E-state index is 11.9. The minimum absolute atomic E-state index is 0.238. The second kappa shape index (κ2) is 10.7. The van der Waals surface area contributed by atoms with E-state index in [4.69, 9.17) is 9.47 Å². The number of carbonyl (C=O) groups is 1. The summed E-state index contributed by atoms with van der Waals surface area (Å²) >= 11 is 0. The molecular weight excluding hydrogens is 328 g/mol. The summed E-state index contributed by atoms with van der Waals surface area (Å²) in [4.78, 5) is 11.9. The van der Waals surface area contributed by atoms with E-state index in [-0.39, 0.29) is 12.6 Å². The molecule has 5 heteroatoms. The summed E-state index contributed by atoms with van der Waals surface area (Å²) in [6, 6.07) is 14.5. The van der Waals surface area contributed by atoms with E-state index >= 15 is 0 Å². The summed E-state index contributed by atoms with van der Waals surface area (Å²) in [6.07, 6.45) is 2.12. The average molecular weight is 352 g/mol. The number of hydrogen-bond acceptors (Lipinski definition) is 3. The first-order valence-corrected chi connectivity index (χ1v) is 8.62. The third-order valence-corrected chi connectivity index (χ3v) is 3.55. The molecule has 0 spiro atoms. The maximum absolute atomic E-state index is 11.9. The summed E-state index contributed by atoms with van der Waals surface area (Å²) in [5, 5.41) is 5.46. The summed E-state index contributed by atoms with van der Waals surface area (Å²) in [6.45, 7) is 3.06. The molecule has 5 nitrogen and oxygen atoms in total. The minimum Gasteiger partial charge on any atom is -0.495 e. The molecule has 0 heterocycles. The zero-order valence-electron chi connectivity index (χ0n) is 15.2. The van der Waals surface area contributed by atoms with Crippen LogP contribution in [0.25, 0.3) is 0 Å². The highest BCUT2D eigenvalue weighted by atomic mass is 16.5. The number of urea groups is 1. The quantitative estimate of drug-likeness (QED) is 0.584. The zero-order valence-corrected chi connectivity index (χ0v) is 15.2. The lowest BCUT2D eigenvalue weighted by atomic mass is 10.2. The van der Waals surface area contributed by atoms with E-state index < -0.39 is 0 Å². The Morgan fingerprint density at radius 2 is 1.88 bits per heavy atom. The molecule has 2 aromatic carbocycles. The molecule has 0 radical (unpaired) electrons. The number of carbonyl (C=O) groups excluding carboxylic acids is 1. The Balaban J connectivity index is 1.78. The number of ether oxygens (including phenoxy) is 2. The Morgan fingerprint density at radius 1 is 1.12 bits per heavy atom. The number of para-hydroxylation sites is 1. The predicted molar refractivity (Wildman–Crippen MR) is 104 cm³/mol. The Labute approximate surface area is 154 Å². The van der Waals surface area contributed by atoms with E-state index in [1.165, 1.54) is 0 Å². The van der Waals surface area contributed by atoms with Crippen LogP contribution >= 0.6 is 0 Å². The fraction of sp³-hybridized carbons (Fsp3) is 0.286. The Morgan fingerprint density at radius 3 is 2.62 bits per heavy atom. The molecule has 2 amide bonds. The highest BCUT2D eigenvalue weighted by Gasteiger charge is 2.01. The van der Waals surface area contributed by atoms with Gasteiger partial charge in [0.15, 0.2) is 0 Å². The Kier molecular flexibility index (Phi) is 7.88. The lowest BCUT2D eigenvalue weighted by Crippen LogP contribution is -2.28. The zero-order chi connectivity index (χ0) is 18.6. The first-order valence-electron chi connectivity index (χ1n) is 8.62. The van der Waals surface area contributed by atoms with Crippen molar-refractivity contribution in [1.82, 2.24) is 5.32 Å². The van der Waals surface area contributed by atoms with Crippen molar-refractivity contribution in [3.8, 4) is 23.3 Å². The van der Waals surface area contributed by atoms with Gasteiger partial charge in [-0.25, -0.2) is 4.79 Å². The highest BCUT2D eigenvalue weighted by Crippen LogP contribution is 2.16. The van der Waals surface area contributed by atoms with Crippen LogP contribution in [0.1, 0.15) is 25.3 Å². The van der Waals surface area contributed by atoms with E-state index in [0.717, 1.165) is 24.2 Å². The summed E-state index contributed by atoms with van der Waals surface area (Å²) < 4.78 is 10.8. The summed E-state index contributed by atoms with van der Waals surface area (Å²) in [5.74, 6) is 7.40. The molecule has 2 rings (SSSR count). The maximum Gasteiger partial charge on any atom is 0.319 e. The lowest BCUT2D eigenvalue weighted by Gasteiger charge is -2.08. The number of benzene rings is 2. The van der Waals surface area contributed by atoms with E-state index in [1.807, 2.05) is 36.4 Å². The smallest absolute Gasteiger partial charge is 0.319 e. The highest BCUT2D eigenvalue weighted by molar-refractivity contribution is 5.89. The van der Waals surface area contributed by atoms with Gasteiger partial charge in [0, 0.05) is 5.69 Å². The second-order valence-corrected chi connectivity index (χ2v) is 5.54. The molecule has 2 aromatic rings. The van der Waals surface area contributed by atoms with Crippen LogP contribution in [0.3, 0.4) is 0 Å². The number of anilines is 1. The molecule has 26 heavy (non-hydrogen) atoms. The molecule has 0 saturated heterocycles. The third kappa shape index (κ3) is 6.40. The van der Waals surface area contributed by atoms with Crippen LogP contribution in [0.4, 0.5) is 10.5 Å². The van der Waals surface area contributed by atoms with Crippen LogP contribution in [-0.4, -0.2) is 26.3 Å². The number of hydrogen-bond donors (Lipinski definition) is 2. The standard InChI is InChI=1S/C21H24N2O3/c1-3-4-16-26-19-13-11-18(12-14-19)23-21(24)22-15-7-9-17-8-5-6-10-20(17)25-2/h5-6,8,10-14H,3-4,15-16H2,1-2H3,(H2,22,23,24). The number of unbranched alkanes of at least 4 members (excludes halogenated alkanes) is 1. The molecule has 0 aromatic heterocycles. The minimum atomic E-state index is -0.307. The van der Waals surface area contributed by atoms with Crippen molar-refractivity contribution in [3.05, 3.63) is 54.1 Å². The fourth-order valence-electron chi connectivity index (χ4n) is 2.16. The van der Waals surface area contributed by atoms with Gasteiger partial charge in [-0.2, -0.15) is 0 Å². The van der Waals surface area contributed by atoms with Crippen molar-refractivity contribution < 1.29 is 14.3 Å². The van der Waals surface area contributed by atoms with Crippen molar-refractivity contribution in [3.63, 3.8) is 0 Å². The fourth-order valence-corrected chi connectivity index (χ4v) is 2.16. The summed E-state index contributed by atoms with van der Waals surface area (Å²) in [5.41, 5.74) is 1.49. The van der Waals surface area contributed by atoms with Gasteiger partial charge in [0.25, 0.3) is 0 Å². The molecule has 0 atom stereocenters. The van der Waals surface area contributed by atoms with E-state index in [2.05, 4.69) is 29.4 Å². The SMILES string of the molecule is CCCCOc1ccc(NC(=O)NCC#Cc2ccccc2OC)cc1. The van der Waals surface area contributed by atoms with Crippen LogP contribution in [0.15, 0.2) is 48.5 Å². The first kappa shape index (κ1) is 19.2. The van der Waals surface area contributed by atoms with Crippen LogP contribution in [0, 0.1) is 11.8 Å². The van der Waals surface area contributed by atoms with Gasteiger partial charge < -0.3 is 20.1 Å². The van der Waals surface area contributed by atoms with Gasteiger partial charge in [-0.3, -0.25) is 0 Å². The van der Waals surface area contributed by atoms with Gasteiger partial charge in [-0.15, -0.1) is 0 Å². The number of amides is 2. The molecule has 0 saturated carbocycles. The normalized spacial score (nSPS) is 9.62. The largest absolute Gasteiger partial charge is 0.495 e. The first-order chi connectivity index (χ1) is 12.7. The van der Waals surface area contributed by atoms with E-state index in [0.29, 0.717) is 18.0 Å². The summed E-state index contributed by atoms with van der Waals surface area (Å²) in [7, 11) is 1.60. The van der Waals surface area contributed by atoms with Crippen molar-refractivity contribution >= 4 is 11.7 Å². The number of nitrogens with one attached hydrogen (secondary N) is 2. The van der Waals surface area contributed by atoms with E-state index in [9.17, 15) is 4.79 Å². The average Bonchev–Trinajstić information content (AvgIpc) is 2.67. The second-order valence-electron chi connectivity index (χ2n) is 5.54. The van der Waals surface area contributed by atoms with Gasteiger partial charge in [-0.1, -0.05) is 37.3 Å². The number of rotatable bonds is 7. The van der Waals surface area contributed by atoms with Gasteiger partial charge >= 0.3 is 6.03 Å². The molecule has 0 aliphatic rings. The van der Waals surface area contributed by atoms with Crippen molar-refractivity contribution in [1.29, 1.82) is 0 Å². The molecule has 0 bridgehead atoms. The molecule has 0 unspecified atom stereocenters. The molecule has 0 aliphatic heterocycles. The van der Waals surface area contributed by atoms with Crippen molar-refractivity contribution in [2.75, 3.05) is 25.6 Å². The van der Waals surface area contributed by atoms with Gasteiger partial charge in [0.1, 0.15) is 11.5 Å². The van der Waals surface area contributed by atoms with Gasteiger partial charge in [0.2, 0.25) is 0 Å². The van der Waals surface area contributed by atoms with Crippen LogP contribution < -0.4 is 20.1 Å². The molecule has 0 aliphatic carbocycles. The topological polar surface area (TPSA) is 59.6 Å². The molecule has 2 N–H and O–H groups in total. The molecule has 136 valence electrons. The van der Waals surface area contributed by atoms with Crippen molar-refractivity contribution in [2.24, 2.45) is 0 Å². The van der Waals surface area contributed by atoms with Crippen LogP contribution in [0.2, 0.25) is 0 Å².